The molecule has 1 aromatic carbocycles. The number of hydrogen-bond acceptors (Lipinski definition) is 2. The molecule has 1 aromatic rings. The highest BCUT2D eigenvalue weighted by atomic mass is 19.1. The van der Waals surface area contributed by atoms with Gasteiger partial charge < -0.3 is 10.6 Å². The Morgan fingerprint density at radius 1 is 1.25 bits per heavy atom. The minimum absolute atomic E-state index is 0.428. The van der Waals surface area contributed by atoms with Crippen LogP contribution in [0.3, 0.4) is 0 Å². The molecule has 0 radical (unpaired) electrons. The van der Waals surface area contributed by atoms with Gasteiger partial charge in [-0.3, -0.25) is 4.79 Å². The first-order valence-corrected chi connectivity index (χ1v) is 4.58. The van der Waals surface area contributed by atoms with Crippen LogP contribution in [-0.2, 0) is 4.79 Å². The van der Waals surface area contributed by atoms with Crippen LogP contribution in [0.4, 0.5) is 18.9 Å². The van der Waals surface area contributed by atoms with Crippen molar-refractivity contribution in [1.82, 2.24) is 5.32 Å². The van der Waals surface area contributed by atoms with Crippen LogP contribution >= 0.6 is 0 Å². The van der Waals surface area contributed by atoms with Crippen molar-refractivity contribution in [2.75, 3.05) is 12.4 Å². The molecule has 0 aliphatic rings. The minimum Gasteiger partial charge on any atom is -0.369 e. The van der Waals surface area contributed by atoms with Crippen LogP contribution in [0.5, 0.6) is 0 Å². The zero-order valence-electron chi connectivity index (χ0n) is 8.77. The van der Waals surface area contributed by atoms with Crippen molar-refractivity contribution in [2.45, 2.75) is 13.0 Å². The van der Waals surface area contributed by atoms with E-state index in [0.717, 1.165) is 0 Å². The summed E-state index contributed by atoms with van der Waals surface area (Å²) in [4.78, 5) is 11.1. The Labute approximate surface area is 90.6 Å². The lowest BCUT2D eigenvalue weighted by Crippen LogP contribution is -2.35. The first-order chi connectivity index (χ1) is 7.45. The Morgan fingerprint density at radius 3 is 2.19 bits per heavy atom. The number of rotatable bonds is 3. The number of anilines is 1. The van der Waals surface area contributed by atoms with Gasteiger partial charge in [0.25, 0.3) is 0 Å². The molecule has 0 aromatic heterocycles. The summed E-state index contributed by atoms with van der Waals surface area (Å²) in [5, 5.41) is 4.64. The van der Waals surface area contributed by atoms with Gasteiger partial charge in [-0.1, -0.05) is 0 Å². The van der Waals surface area contributed by atoms with Gasteiger partial charge in [-0.2, -0.15) is 0 Å². The summed E-state index contributed by atoms with van der Waals surface area (Å²) in [7, 11) is 1.40. The molecule has 0 spiro atoms. The number of likely N-dealkylation sites (N-methyl/N-ethyl adjacent to an activating group) is 1. The van der Waals surface area contributed by atoms with Gasteiger partial charge in [-0.25, -0.2) is 13.2 Å². The van der Waals surface area contributed by atoms with E-state index in [9.17, 15) is 18.0 Å². The third-order valence-electron chi connectivity index (χ3n) is 2.01. The van der Waals surface area contributed by atoms with Crippen LogP contribution in [0.25, 0.3) is 0 Å². The van der Waals surface area contributed by atoms with E-state index in [4.69, 9.17) is 0 Å². The number of hydrogen-bond donors (Lipinski definition) is 2. The summed E-state index contributed by atoms with van der Waals surface area (Å²) in [5.41, 5.74) is -0.516. The predicted molar refractivity (Wildman–Crippen MR) is 53.5 cm³/mol. The average molecular weight is 232 g/mol. The zero-order valence-corrected chi connectivity index (χ0v) is 8.77. The molecule has 1 atom stereocenters. The topological polar surface area (TPSA) is 41.1 Å². The molecule has 0 saturated carbocycles. The Bertz CT molecular complexity index is 386. The molecule has 0 saturated heterocycles. The minimum atomic E-state index is -1.08. The molecule has 0 aliphatic heterocycles. The standard InChI is InChI=1S/C10H11F3N2O/c1-5(10(16)14-2)15-9-7(12)3-6(11)4-8(9)13/h3-5,15H,1-2H3,(H,14,16). The van der Waals surface area contributed by atoms with Crippen molar-refractivity contribution >= 4 is 11.6 Å². The summed E-state index contributed by atoms with van der Waals surface area (Å²) in [6.07, 6.45) is 0. The Hall–Kier alpha value is -1.72. The fourth-order valence-corrected chi connectivity index (χ4v) is 1.18. The van der Waals surface area contributed by atoms with Crippen LogP contribution in [0.1, 0.15) is 6.92 Å². The second-order valence-corrected chi connectivity index (χ2v) is 3.22. The van der Waals surface area contributed by atoms with E-state index in [-0.39, 0.29) is 0 Å². The van der Waals surface area contributed by atoms with Crippen molar-refractivity contribution < 1.29 is 18.0 Å². The molecule has 0 fully saturated rings. The Balaban J connectivity index is 2.93. The molecule has 1 amide bonds. The highest BCUT2D eigenvalue weighted by Crippen LogP contribution is 2.20. The van der Waals surface area contributed by atoms with Crippen LogP contribution in [-0.4, -0.2) is 19.0 Å². The third kappa shape index (κ3) is 2.65. The lowest BCUT2D eigenvalue weighted by molar-refractivity contribution is -0.121. The van der Waals surface area contributed by atoms with Gasteiger partial charge in [0, 0.05) is 19.2 Å². The number of benzene rings is 1. The SMILES string of the molecule is CNC(=O)C(C)Nc1c(F)cc(F)cc1F. The van der Waals surface area contributed by atoms with Gasteiger partial charge in [0.05, 0.1) is 0 Å². The number of carbonyl (C=O) groups excluding carboxylic acids is 1. The van der Waals surface area contributed by atoms with E-state index < -0.39 is 35.1 Å². The lowest BCUT2D eigenvalue weighted by atomic mass is 10.2. The molecule has 2 N–H and O–H groups in total. The third-order valence-corrected chi connectivity index (χ3v) is 2.01. The van der Waals surface area contributed by atoms with E-state index in [0.29, 0.717) is 12.1 Å². The summed E-state index contributed by atoms with van der Waals surface area (Å²) in [6.45, 7) is 1.43. The van der Waals surface area contributed by atoms with E-state index in [1.807, 2.05) is 0 Å². The predicted octanol–water partition coefficient (Wildman–Crippen LogP) is 1.65. The fourth-order valence-electron chi connectivity index (χ4n) is 1.18. The summed E-state index contributed by atoms with van der Waals surface area (Å²) in [6, 6.07) is 0.267. The molecule has 1 unspecified atom stereocenters. The average Bonchev–Trinajstić information content (AvgIpc) is 2.21. The number of nitrogens with one attached hydrogen (secondary N) is 2. The second-order valence-electron chi connectivity index (χ2n) is 3.22. The second kappa shape index (κ2) is 4.87. The van der Waals surface area contributed by atoms with Gasteiger partial charge >= 0.3 is 0 Å². The van der Waals surface area contributed by atoms with Crippen LogP contribution in [0.15, 0.2) is 12.1 Å². The van der Waals surface area contributed by atoms with Crippen molar-refractivity contribution in [2.24, 2.45) is 0 Å². The molecule has 88 valence electrons. The highest BCUT2D eigenvalue weighted by molar-refractivity contribution is 5.83. The first kappa shape index (κ1) is 12.4. The molecule has 16 heavy (non-hydrogen) atoms. The van der Waals surface area contributed by atoms with Gasteiger partial charge in [-0.05, 0) is 6.92 Å². The lowest BCUT2D eigenvalue weighted by Gasteiger charge is -2.14. The Kier molecular flexibility index (Phi) is 3.76. The highest BCUT2D eigenvalue weighted by Gasteiger charge is 2.17. The normalized spacial score (nSPS) is 12.1. The quantitative estimate of drug-likeness (QED) is 0.832. The number of carbonyl (C=O) groups is 1. The van der Waals surface area contributed by atoms with Gasteiger partial charge in [0.1, 0.15) is 17.5 Å². The van der Waals surface area contributed by atoms with Crippen molar-refractivity contribution in [1.29, 1.82) is 0 Å². The van der Waals surface area contributed by atoms with E-state index in [2.05, 4.69) is 10.6 Å². The Morgan fingerprint density at radius 2 is 1.75 bits per heavy atom. The molecule has 6 heteroatoms. The maximum atomic E-state index is 13.2. The van der Waals surface area contributed by atoms with Gasteiger partial charge in [0.15, 0.2) is 11.6 Å². The molecular formula is C10H11F3N2O. The van der Waals surface area contributed by atoms with Crippen molar-refractivity contribution in [3.63, 3.8) is 0 Å². The fraction of sp³-hybridized carbons (Fsp3) is 0.300. The number of halogens is 3. The molecule has 1 rings (SSSR count). The largest absolute Gasteiger partial charge is 0.369 e. The summed E-state index contributed by atoms with van der Waals surface area (Å²) >= 11 is 0. The summed E-state index contributed by atoms with van der Waals surface area (Å²) < 4.78 is 38.9. The van der Waals surface area contributed by atoms with E-state index in [1.165, 1.54) is 14.0 Å². The van der Waals surface area contributed by atoms with Crippen molar-refractivity contribution in [3.05, 3.63) is 29.6 Å². The first-order valence-electron chi connectivity index (χ1n) is 4.58. The monoisotopic (exact) mass is 232 g/mol. The van der Waals surface area contributed by atoms with Crippen LogP contribution in [0.2, 0.25) is 0 Å². The van der Waals surface area contributed by atoms with Crippen LogP contribution < -0.4 is 10.6 Å². The zero-order chi connectivity index (χ0) is 12.3. The molecular weight excluding hydrogens is 221 g/mol. The summed E-state index contributed by atoms with van der Waals surface area (Å²) in [5.74, 6) is -3.59. The van der Waals surface area contributed by atoms with E-state index >= 15 is 0 Å². The van der Waals surface area contributed by atoms with Gasteiger partial charge in [-0.15, -0.1) is 0 Å². The van der Waals surface area contributed by atoms with Crippen molar-refractivity contribution in [3.8, 4) is 0 Å². The molecule has 0 aliphatic carbocycles. The van der Waals surface area contributed by atoms with E-state index in [1.54, 1.807) is 0 Å². The smallest absolute Gasteiger partial charge is 0.241 e. The molecule has 3 nitrogen and oxygen atoms in total. The van der Waals surface area contributed by atoms with Gasteiger partial charge in [0.2, 0.25) is 5.91 Å². The maximum absolute atomic E-state index is 13.2. The maximum Gasteiger partial charge on any atom is 0.241 e. The van der Waals surface area contributed by atoms with Crippen LogP contribution in [0, 0.1) is 17.5 Å². The molecule has 0 bridgehead atoms. The number of amides is 1. The molecule has 0 heterocycles.